The maximum Gasteiger partial charge on any atom is 0.330 e. The van der Waals surface area contributed by atoms with Crippen LogP contribution in [0.3, 0.4) is 0 Å². The number of ether oxygens (including phenoxy) is 1. The Morgan fingerprint density at radius 2 is 2.29 bits per heavy atom. The summed E-state index contributed by atoms with van der Waals surface area (Å²) in [4.78, 5) is 24.4. The molecule has 0 unspecified atom stereocenters. The van der Waals surface area contributed by atoms with Crippen molar-refractivity contribution in [1.82, 2.24) is 9.55 Å². The molecule has 0 spiro atoms. The van der Waals surface area contributed by atoms with Crippen LogP contribution in [-0.4, -0.2) is 49.3 Å². The number of nitrogens with zero attached hydrogens (tertiary/aromatic N) is 1. The van der Waals surface area contributed by atoms with Gasteiger partial charge in [0.1, 0.15) is 12.2 Å². The molecule has 0 bridgehead atoms. The Morgan fingerprint density at radius 1 is 1.62 bits per heavy atom. The van der Waals surface area contributed by atoms with Gasteiger partial charge < -0.3 is 20.1 Å². The summed E-state index contributed by atoms with van der Waals surface area (Å²) in [5, 5.41) is 29.5. The van der Waals surface area contributed by atoms with Gasteiger partial charge in [0.15, 0.2) is 11.8 Å². The van der Waals surface area contributed by atoms with Gasteiger partial charge in [0.05, 0.1) is 12.8 Å². The molecular formula is C12H13FN2O6. The summed E-state index contributed by atoms with van der Waals surface area (Å²) < 4.78 is 19.1. The number of hydrogen-bond donors (Lipinski definition) is 4. The van der Waals surface area contributed by atoms with E-state index in [1.165, 1.54) is 0 Å². The highest BCUT2D eigenvalue weighted by molar-refractivity contribution is 5.13. The Kier molecular flexibility index (Phi) is 3.95. The fraction of sp³-hybridized carbons (Fsp3) is 0.417. The van der Waals surface area contributed by atoms with Crippen LogP contribution in [0.4, 0.5) is 4.39 Å². The number of H-pyrrole nitrogens is 1. The van der Waals surface area contributed by atoms with Gasteiger partial charge in [0.25, 0.3) is 5.56 Å². The minimum Gasteiger partial charge on any atom is -0.394 e. The zero-order valence-electron chi connectivity index (χ0n) is 10.7. The molecule has 2 rings (SSSR count). The van der Waals surface area contributed by atoms with Gasteiger partial charge in [-0.25, -0.2) is 4.79 Å². The summed E-state index contributed by atoms with van der Waals surface area (Å²) >= 11 is 0. The Morgan fingerprint density at radius 3 is 2.86 bits per heavy atom. The molecule has 8 nitrogen and oxygen atoms in total. The molecule has 1 aliphatic heterocycles. The van der Waals surface area contributed by atoms with Gasteiger partial charge in [-0.1, -0.05) is 6.58 Å². The second kappa shape index (κ2) is 5.40. The third-order valence-corrected chi connectivity index (χ3v) is 3.22. The second-order valence-corrected chi connectivity index (χ2v) is 4.53. The number of aliphatic hydroxyl groups excluding tert-OH is 2. The first kappa shape index (κ1) is 15.4. The second-order valence-electron chi connectivity index (χ2n) is 4.53. The fourth-order valence-electron chi connectivity index (χ4n) is 2.18. The number of hydrogen-bond acceptors (Lipinski definition) is 6. The van der Waals surface area contributed by atoms with Crippen LogP contribution in [0.25, 0.3) is 0 Å². The van der Waals surface area contributed by atoms with Crippen molar-refractivity contribution < 1.29 is 24.4 Å². The number of aromatic nitrogens is 2. The van der Waals surface area contributed by atoms with E-state index in [1.807, 2.05) is 0 Å². The molecule has 1 saturated heterocycles. The third-order valence-electron chi connectivity index (χ3n) is 3.22. The van der Waals surface area contributed by atoms with E-state index in [1.54, 1.807) is 4.98 Å². The lowest BCUT2D eigenvalue weighted by molar-refractivity contribution is -0.0818. The van der Waals surface area contributed by atoms with Crippen molar-refractivity contribution in [2.24, 2.45) is 0 Å². The smallest absolute Gasteiger partial charge is 0.330 e. The largest absolute Gasteiger partial charge is 0.394 e. The Bertz CT molecular complexity index is 706. The molecule has 1 aromatic rings. The maximum absolute atomic E-state index is 13.3. The highest BCUT2D eigenvalue weighted by Gasteiger charge is 2.55. The van der Waals surface area contributed by atoms with Gasteiger partial charge in [-0.05, 0) is 6.08 Å². The van der Waals surface area contributed by atoms with Crippen molar-refractivity contribution in [3.05, 3.63) is 51.2 Å². The van der Waals surface area contributed by atoms with Crippen molar-refractivity contribution in [3.8, 4) is 0 Å². The lowest BCUT2D eigenvalue weighted by Crippen LogP contribution is -2.48. The summed E-state index contributed by atoms with van der Waals surface area (Å²) in [5.74, 6) is -1.27. The molecular weight excluding hydrogens is 287 g/mol. The predicted octanol–water partition coefficient (Wildman–Crippen LogP) is -2.00. The van der Waals surface area contributed by atoms with E-state index in [0.29, 0.717) is 10.8 Å². The standard InChI is InChI=1S/C12H13FN2O6/c1-2-3-12(20)8(17)7(5-16)21-10(12)15-4-6(13)9(18)14-11(15)19/h3-4,7-8,10,16-17,20H,1,5H2,(H,14,18,19)/t7-,8-,10-,12-/m1/s1. The Labute approximate surface area is 117 Å². The topological polar surface area (TPSA) is 125 Å². The number of aromatic amines is 1. The molecule has 0 aromatic carbocycles. The molecule has 9 heteroatoms. The van der Waals surface area contributed by atoms with Crippen molar-refractivity contribution in [2.45, 2.75) is 24.0 Å². The van der Waals surface area contributed by atoms with Crippen molar-refractivity contribution >= 4 is 0 Å². The molecule has 0 saturated carbocycles. The first-order valence-corrected chi connectivity index (χ1v) is 5.90. The lowest BCUT2D eigenvalue weighted by Gasteiger charge is -2.27. The zero-order valence-corrected chi connectivity index (χ0v) is 10.7. The van der Waals surface area contributed by atoms with E-state index < -0.39 is 47.7 Å². The molecule has 1 aromatic heterocycles. The molecule has 4 atom stereocenters. The average Bonchev–Trinajstić information content (AvgIpc) is 2.67. The summed E-state index contributed by atoms with van der Waals surface area (Å²) in [5.41, 5.74) is -2.21. The molecule has 0 amide bonds. The van der Waals surface area contributed by atoms with Gasteiger partial charge in [-0.3, -0.25) is 14.3 Å². The zero-order chi connectivity index (χ0) is 15.8. The molecule has 21 heavy (non-hydrogen) atoms. The monoisotopic (exact) mass is 300 g/mol. The number of nitrogens with one attached hydrogen (secondary N) is 1. The Balaban J connectivity index is 2.61. The van der Waals surface area contributed by atoms with Crippen LogP contribution in [0, 0.1) is 5.82 Å². The summed E-state index contributed by atoms with van der Waals surface area (Å²) in [6.07, 6.45) is -2.92. The Hall–Kier alpha value is -2.03. The molecule has 4 N–H and O–H groups in total. The highest BCUT2D eigenvalue weighted by Crippen LogP contribution is 2.38. The van der Waals surface area contributed by atoms with E-state index in [2.05, 4.69) is 12.3 Å². The summed E-state index contributed by atoms with van der Waals surface area (Å²) in [7, 11) is 0. The van der Waals surface area contributed by atoms with Crippen LogP contribution in [0.2, 0.25) is 0 Å². The lowest BCUT2D eigenvalue weighted by atomic mass is 9.94. The van der Waals surface area contributed by atoms with Gasteiger partial charge in [0, 0.05) is 0 Å². The van der Waals surface area contributed by atoms with Crippen molar-refractivity contribution in [2.75, 3.05) is 6.61 Å². The molecule has 0 radical (unpaired) electrons. The third kappa shape index (κ3) is 2.37. The molecule has 2 heterocycles. The van der Waals surface area contributed by atoms with E-state index in [0.717, 1.165) is 6.08 Å². The van der Waals surface area contributed by atoms with Crippen LogP contribution < -0.4 is 11.2 Å². The first-order valence-electron chi connectivity index (χ1n) is 5.90. The van der Waals surface area contributed by atoms with Crippen LogP contribution >= 0.6 is 0 Å². The normalized spacial score (nSPS) is 31.9. The minimum absolute atomic E-state index is 0.542. The highest BCUT2D eigenvalue weighted by atomic mass is 19.1. The molecule has 0 aliphatic carbocycles. The van der Waals surface area contributed by atoms with Crippen LogP contribution in [0.1, 0.15) is 6.23 Å². The first-order chi connectivity index (χ1) is 9.85. The van der Waals surface area contributed by atoms with Gasteiger partial charge in [-0.15, -0.1) is 5.73 Å². The maximum atomic E-state index is 13.3. The SMILES string of the molecule is C=C=C[C@@]1(O)[C@H](O)[C@@H](CO)O[C@H]1n1cc(F)c(=O)[nH]c1=O. The predicted molar refractivity (Wildman–Crippen MR) is 66.9 cm³/mol. The molecule has 114 valence electrons. The quantitative estimate of drug-likeness (QED) is 0.478. The van der Waals surface area contributed by atoms with Crippen LogP contribution in [-0.2, 0) is 4.74 Å². The summed E-state index contributed by atoms with van der Waals surface area (Å²) in [6, 6.07) is 0. The van der Waals surface area contributed by atoms with E-state index >= 15 is 0 Å². The van der Waals surface area contributed by atoms with E-state index in [9.17, 15) is 24.2 Å². The minimum atomic E-state index is -2.18. The number of halogens is 1. The van der Waals surface area contributed by atoms with E-state index in [-0.39, 0.29) is 0 Å². The van der Waals surface area contributed by atoms with Gasteiger partial charge in [-0.2, -0.15) is 4.39 Å². The van der Waals surface area contributed by atoms with Gasteiger partial charge >= 0.3 is 5.69 Å². The van der Waals surface area contributed by atoms with Crippen molar-refractivity contribution in [1.29, 1.82) is 0 Å². The van der Waals surface area contributed by atoms with Crippen molar-refractivity contribution in [3.63, 3.8) is 0 Å². The summed E-state index contributed by atoms with van der Waals surface area (Å²) in [6.45, 7) is 2.60. The molecule has 1 aliphatic rings. The van der Waals surface area contributed by atoms with Gasteiger partial charge in [0.2, 0.25) is 5.82 Å². The number of aliphatic hydroxyl groups is 3. The fourth-order valence-corrected chi connectivity index (χ4v) is 2.18. The number of rotatable bonds is 3. The van der Waals surface area contributed by atoms with Crippen LogP contribution in [0.15, 0.2) is 34.2 Å². The average molecular weight is 300 g/mol. The molecule has 1 fully saturated rings. The van der Waals surface area contributed by atoms with E-state index in [4.69, 9.17) is 9.84 Å². The van der Waals surface area contributed by atoms with Crippen LogP contribution in [0.5, 0.6) is 0 Å².